The molecule has 2 N–H and O–H groups in total. The summed E-state index contributed by atoms with van der Waals surface area (Å²) in [5.74, 6) is 0.407. The molecule has 8 nitrogen and oxygen atoms in total. The molecule has 8 heteroatoms. The summed E-state index contributed by atoms with van der Waals surface area (Å²) in [6, 6.07) is 7.47. The Labute approximate surface area is 202 Å². The number of hydrazone groups is 1. The average Bonchev–Trinajstić information content (AvgIpc) is 3.39. The number of aromatic nitrogens is 1. The predicted octanol–water partition coefficient (Wildman–Crippen LogP) is 5.00. The standard InChI is InChI=1S/C27H26N4O4/c1-15-11-16(2)24-18(14-34-22(24)12-15)13-23(32)31-30-20-5-4-6-21-25(20)17(3)26(35-21)27(33)29-19-7-9-28-10-8-19/h7-12,14H,4-6,13H2,1-3H3,(H,31,32)(H,28,29,33)/b30-20+. The Hall–Kier alpha value is -4.20. The van der Waals surface area contributed by atoms with Gasteiger partial charge in [0.15, 0.2) is 5.76 Å². The summed E-state index contributed by atoms with van der Waals surface area (Å²) in [4.78, 5) is 29.5. The Morgan fingerprint density at radius 2 is 1.91 bits per heavy atom. The van der Waals surface area contributed by atoms with Gasteiger partial charge in [0.2, 0.25) is 5.91 Å². The van der Waals surface area contributed by atoms with Gasteiger partial charge in [0, 0.05) is 46.6 Å². The van der Waals surface area contributed by atoms with E-state index in [1.807, 2.05) is 26.8 Å². The normalized spacial score (nSPS) is 14.2. The van der Waals surface area contributed by atoms with E-state index in [1.54, 1.807) is 30.8 Å². The van der Waals surface area contributed by atoms with Gasteiger partial charge in [-0.1, -0.05) is 6.07 Å². The average molecular weight is 471 g/mol. The molecule has 0 bridgehead atoms. The second kappa shape index (κ2) is 9.21. The van der Waals surface area contributed by atoms with Crippen molar-refractivity contribution in [3.8, 4) is 0 Å². The molecule has 0 saturated heterocycles. The van der Waals surface area contributed by atoms with Gasteiger partial charge in [0.05, 0.1) is 18.4 Å². The molecule has 1 aliphatic rings. The lowest BCUT2D eigenvalue weighted by Gasteiger charge is -2.13. The zero-order valence-electron chi connectivity index (χ0n) is 19.9. The number of carbonyl (C=O) groups is 2. The van der Waals surface area contributed by atoms with Crippen LogP contribution in [0.2, 0.25) is 0 Å². The molecule has 0 fully saturated rings. The number of hydrogen-bond donors (Lipinski definition) is 2. The lowest BCUT2D eigenvalue weighted by atomic mass is 9.93. The van der Waals surface area contributed by atoms with Crippen LogP contribution < -0.4 is 10.7 Å². The molecule has 0 atom stereocenters. The van der Waals surface area contributed by atoms with E-state index < -0.39 is 0 Å². The molecule has 3 aromatic heterocycles. The minimum Gasteiger partial charge on any atom is -0.464 e. The first-order valence-electron chi connectivity index (χ1n) is 11.6. The zero-order valence-corrected chi connectivity index (χ0v) is 19.9. The highest BCUT2D eigenvalue weighted by Crippen LogP contribution is 2.30. The molecule has 0 aliphatic heterocycles. The van der Waals surface area contributed by atoms with E-state index in [1.165, 1.54) is 0 Å². The molecule has 3 heterocycles. The molecule has 5 rings (SSSR count). The highest BCUT2D eigenvalue weighted by molar-refractivity contribution is 6.09. The molecule has 0 saturated carbocycles. The number of pyridine rings is 1. The van der Waals surface area contributed by atoms with Gasteiger partial charge in [-0.2, -0.15) is 5.10 Å². The molecular formula is C27H26N4O4. The van der Waals surface area contributed by atoms with Crippen LogP contribution >= 0.6 is 0 Å². The molecule has 0 unspecified atom stereocenters. The molecule has 0 radical (unpaired) electrons. The van der Waals surface area contributed by atoms with Crippen LogP contribution in [0.1, 0.15) is 57.0 Å². The summed E-state index contributed by atoms with van der Waals surface area (Å²) in [6.07, 6.45) is 7.24. The van der Waals surface area contributed by atoms with Crippen LogP contribution in [0.5, 0.6) is 0 Å². The number of fused-ring (bicyclic) bond motifs is 2. The molecule has 2 amide bonds. The highest BCUT2D eigenvalue weighted by atomic mass is 16.4. The van der Waals surface area contributed by atoms with Gasteiger partial charge >= 0.3 is 0 Å². The van der Waals surface area contributed by atoms with Crippen LogP contribution in [-0.4, -0.2) is 22.5 Å². The number of nitrogens with one attached hydrogen (secondary N) is 2. The topological polar surface area (TPSA) is 110 Å². The minimum atomic E-state index is -0.330. The molecule has 178 valence electrons. The van der Waals surface area contributed by atoms with E-state index in [-0.39, 0.29) is 24.0 Å². The van der Waals surface area contributed by atoms with Crippen LogP contribution in [0.3, 0.4) is 0 Å². The van der Waals surface area contributed by atoms with Crippen LogP contribution in [0.15, 0.2) is 56.9 Å². The highest BCUT2D eigenvalue weighted by Gasteiger charge is 2.28. The van der Waals surface area contributed by atoms with Gasteiger partial charge in [-0.05, 0) is 62.9 Å². The van der Waals surface area contributed by atoms with Crippen LogP contribution in [0.4, 0.5) is 5.69 Å². The van der Waals surface area contributed by atoms with Crippen molar-refractivity contribution in [1.82, 2.24) is 10.4 Å². The van der Waals surface area contributed by atoms with Gasteiger partial charge < -0.3 is 14.2 Å². The summed E-state index contributed by atoms with van der Waals surface area (Å²) in [5, 5.41) is 8.22. The molecule has 35 heavy (non-hydrogen) atoms. The maximum Gasteiger partial charge on any atom is 0.291 e. The quantitative estimate of drug-likeness (QED) is 0.399. The number of nitrogens with zero attached hydrogens (tertiary/aromatic N) is 2. The first-order chi connectivity index (χ1) is 16.9. The molecule has 1 aliphatic carbocycles. The van der Waals surface area contributed by atoms with Gasteiger partial charge in [0.25, 0.3) is 5.91 Å². The summed E-state index contributed by atoms with van der Waals surface area (Å²) in [7, 11) is 0. The Kier molecular flexibility index (Phi) is 5.94. The molecular weight excluding hydrogens is 444 g/mol. The first-order valence-corrected chi connectivity index (χ1v) is 11.6. The van der Waals surface area contributed by atoms with Crippen LogP contribution in [-0.2, 0) is 17.6 Å². The SMILES string of the molecule is Cc1cc(C)c2c(CC(=O)N/N=C3\CCCc4oc(C(=O)Nc5ccncc5)c(C)c43)coc2c1. The Morgan fingerprint density at radius 3 is 2.71 bits per heavy atom. The second-order valence-corrected chi connectivity index (χ2v) is 8.88. The number of amides is 2. The fourth-order valence-corrected chi connectivity index (χ4v) is 4.72. The lowest BCUT2D eigenvalue weighted by molar-refractivity contribution is -0.120. The largest absolute Gasteiger partial charge is 0.464 e. The van der Waals surface area contributed by atoms with Crippen molar-refractivity contribution in [3.05, 3.63) is 82.3 Å². The van der Waals surface area contributed by atoms with Crippen molar-refractivity contribution in [2.24, 2.45) is 5.10 Å². The van der Waals surface area contributed by atoms with Crippen molar-refractivity contribution >= 4 is 34.2 Å². The predicted molar refractivity (Wildman–Crippen MR) is 133 cm³/mol. The van der Waals surface area contributed by atoms with E-state index in [2.05, 4.69) is 26.9 Å². The monoisotopic (exact) mass is 470 g/mol. The smallest absolute Gasteiger partial charge is 0.291 e. The summed E-state index contributed by atoms with van der Waals surface area (Å²) >= 11 is 0. The number of rotatable bonds is 5. The fraction of sp³-hybridized carbons (Fsp3) is 0.259. The van der Waals surface area contributed by atoms with E-state index in [0.29, 0.717) is 35.6 Å². The van der Waals surface area contributed by atoms with Crippen LogP contribution in [0, 0.1) is 20.8 Å². The van der Waals surface area contributed by atoms with Gasteiger partial charge in [-0.3, -0.25) is 14.6 Å². The van der Waals surface area contributed by atoms with Gasteiger partial charge in [-0.25, -0.2) is 5.43 Å². The number of hydrogen-bond acceptors (Lipinski definition) is 6. The number of furan rings is 2. The van der Waals surface area contributed by atoms with E-state index in [0.717, 1.165) is 39.6 Å². The van der Waals surface area contributed by atoms with E-state index in [4.69, 9.17) is 8.83 Å². The number of aryl methyl sites for hydroxylation is 3. The maximum absolute atomic E-state index is 12.8. The van der Waals surface area contributed by atoms with Gasteiger partial charge in [-0.15, -0.1) is 0 Å². The summed E-state index contributed by atoms with van der Waals surface area (Å²) in [6.45, 7) is 5.87. The second-order valence-electron chi connectivity index (χ2n) is 8.88. The maximum atomic E-state index is 12.8. The minimum absolute atomic E-state index is 0.157. The van der Waals surface area contributed by atoms with E-state index >= 15 is 0 Å². The Morgan fingerprint density at radius 1 is 1.11 bits per heavy atom. The van der Waals surface area contributed by atoms with Crippen molar-refractivity contribution in [3.63, 3.8) is 0 Å². The molecule has 4 aromatic rings. The third-order valence-electron chi connectivity index (χ3n) is 6.23. The fourth-order valence-electron chi connectivity index (χ4n) is 4.72. The third-order valence-corrected chi connectivity index (χ3v) is 6.23. The van der Waals surface area contributed by atoms with Crippen molar-refractivity contribution in [1.29, 1.82) is 0 Å². The Bertz CT molecular complexity index is 1460. The van der Waals surface area contributed by atoms with Crippen molar-refractivity contribution in [2.75, 3.05) is 5.32 Å². The first kappa shape index (κ1) is 22.6. The zero-order chi connectivity index (χ0) is 24.5. The summed E-state index contributed by atoms with van der Waals surface area (Å²) < 4.78 is 11.6. The third kappa shape index (κ3) is 4.47. The number of benzene rings is 1. The number of anilines is 1. The van der Waals surface area contributed by atoms with Crippen molar-refractivity contribution < 1.29 is 18.4 Å². The summed E-state index contributed by atoms with van der Waals surface area (Å²) in [5.41, 5.74) is 9.35. The van der Waals surface area contributed by atoms with Gasteiger partial charge in [0.1, 0.15) is 11.3 Å². The van der Waals surface area contributed by atoms with Crippen molar-refractivity contribution in [2.45, 2.75) is 46.5 Å². The Balaban J connectivity index is 1.34. The van der Waals surface area contributed by atoms with E-state index in [9.17, 15) is 9.59 Å². The molecule has 1 aromatic carbocycles. The molecule has 0 spiro atoms. The van der Waals surface area contributed by atoms with Crippen LogP contribution in [0.25, 0.3) is 11.0 Å². The number of carbonyl (C=O) groups excluding carboxylic acids is 2. The lowest BCUT2D eigenvalue weighted by Crippen LogP contribution is -2.23.